The van der Waals surface area contributed by atoms with E-state index in [4.69, 9.17) is 9.72 Å². The van der Waals surface area contributed by atoms with Gasteiger partial charge in [0, 0.05) is 43.3 Å². The third-order valence-corrected chi connectivity index (χ3v) is 5.97. The van der Waals surface area contributed by atoms with Gasteiger partial charge in [-0.3, -0.25) is 14.9 Å². The van der Waals surface area contributed by atoms with Crippen LogP contribution in [0.1, 0.15) is 32.5 Å². The Hall–Kier alpha value is -3.26. The Morgan fingerprint density at radius 3 is 2.59 bits per heavy atom. The Morgan fingerprint density at radius 1 is 1.19 bits per heavy atom. The second-order valence-corrected chi connectivity index (χ2v) is 8.27. The number of ether oxygens (including phenoxy) is 1. The molecule has 2 aromatic heterocycles. The molecular weight excluding hydrogens is 404 g/mol. The lowest BCUT2D eigenvalue weighted by Crippen LogP contribution is -2.49. The monoisotopic (exact) mass is 434 g/mol. The third kappa shape index (κ3) is 4.96. The number of pyridine rings is 1. The number of esters is 1. The molecule has 1 saturated heterocycles. The van der Waals surface area contributed by atoms with Gasteiger partial charge >= 0.3 is 5.97 Å². The molecule has 1 unspecified atom stereocenters. The second kappa shape index (κ2) is 9.91. The quantitative estimate of drug-likeness (QED) is 0.524. The lowest BCUT2D eigenvalue weighted by atomic mass is 9.85. The number of aromatic amines is 1. The number of hydrogen-bond acceptors (Lipinski definition) is 7. The highest BCUT2D eigenvalue weighted by atomic mass is 16.5. The maximum Gasteiger partial charge on any atom is 0.309 e. The van der Waals surface area contributed by atoms with Crippen LogP contribution in [0.2, 0.25) is 0 Å². The van der Waals surface area contributed by atoms with Crippen LogP contribution < -0.4 is 5.32 Å². The molecule has 1 fully saturated rings. The minimum atomic E-state index is -0.372. The van der Waals surface area contributed by atoms with Gasteiger partial charge in [0.1, 0.15) is 0 Å². The van der Waals surface area contributed by atoms with Crippen LogP contribution in [0.5, 0.6) is 0 Å². The highest BCUT2D eigenvalue weighted by molar-refractivity contribution is 5.72. The zero-order valence-corrected chi connectivity index (χ0v) is 18.6. The smallest absolute Gasteiger partial charge is 0.309 e. The molecule has 8 nitrogen and oxygen atoms in total. The van der Waals surface area contributed by atoms with E-state index >= 15 is 0 Å². The number of carbonyl (C=O) groups is 1. The summed E-state index contributed by atoms with van der Waals surface area (Å²) >= 11 is 0. The van der Waals surface area contributed by atoms with Crippen molar-refractivity contribution in [2.24, 2.45) is 5.92 Å². The first-order valence-electron chi connectivity index (χ1n) is 11.1. The molecule has 0 amide bonds. The van der Waals surface area contributed by atoms with Gasteiger partial charge in [0.15, 0.2) is 11.6 Å². The number of piperidine rings is 1. The second-order valence-electron chi connectivity index (χ2n) is 8.27. The maximum atomic E-state index is 12.1. The van der Waals surface area contributed by atoms with Crippen LogP contribution in [0.4, 0.5) is 5.69 Å². The molecule has 4 rings (SSSR count). The maximum absolute atomic E-state index is 12.1. The highest BCUT2D eigenvalue weighted by Crippen LogP contribution is 2.35. The van der Waals surface area contributed by atoms with Crippen molar-refractivity contribution in [2.75, 3.05) is 31.6 Å². The van der Waals surface area contributed by atoms with Crippen LogP contribution in [-0.2, 0) is 15.1 Å². The van der Waals surface area contributed by atoms with E-state index in [1.165, 1.54) is 0 Å². The fourth-order valence-electron chi connectivity index (χ4n) is 4.19. The van der Waals surface area contributed by atoms with E-state index in [-0.39, 0.29) is 17.4 Å². The van der Waals surface area contributed by atoms with E-state index in [0.717, 1.165) is 43.0 Å². The zero-order valence-electron chi connectivity index (χ0n) is 18.6. The predicted octanol–water partition coefficient (Wildman–Crippen LogP) is 3.47. The van der Waals surface area contributed by atoms with Crippen LogP contribution in [0.25, 0.3) is 11.4 Å². The van der Waals surface area contributed by atoms with Gasteiger partial charge < -0.3 is 15.0 Å². The SMILES string of the molecule is CCOC(=O)C(C)CN1CCC(Nc2ccccc2)(c2nc(-c3ccncc3)n[nH]2)CC1. The van der Waals surface area contributed by atoms with Crippen molar-refractivity contribution in [3.05, 3.63) is 60.7 Å². The van der Waals surface area contributed by atoms with Crippen molar-refractivity contribution in [2.45, 2.75) is 32.2 Å². The van der Waals surface area contributed by atoms with Gasteiger partial charge in [-0.1, -0.05) is 25.1 Å². The minimum absolute atomic E-state index is 0.135. The number of nitrogens with one attached hydrogen (secondary N) is 2. The van der Waals surface area contributed by atoms with Gasteiger partial charge in [-0.15, -0.1) is 0 Å². The molecular formula is C24H30N6O2. The molecule has 0 aliphatic carbocycles. The molecule has 1 aliphatic heterocycles. The average Bonchev–Trinajstić information content (AvgIpc) is 3.33. The van der Waals surface area contributed by atoms with Crippen molar-refractivity contribution < 1.29 is 9.53 Å². The number of para-hydroxylation sites is 1. The summed E-state index contributed by atoms with van der Waals surface area (Å²) in [7, 11) is 0. The van der Waals surface area contributed by atoms with Crippen LogP contribution in [0.3, 0.4) is 0 Å². The number of carbonyl (C=O) groups excluding carboxylic acids is 1. The summed E-state index contributed by atoms with van der Waals surface area (Å²) < 4.78 is 5.17. The third-order valence-electron chi connectivity index (χ3n) is 5.97. The zero-order chi connectivity index (χ0) is 22.4. The molecule has 0 bridgehead atoms. The Bertz CT molecular complexity index is 1000. The summed E-state index contributed by atoms with van der Waals surface area (Å²) in [5, 5.41) is 11.4. The summed E-state index contributed by atoms with van der Waals surface area (Å²) in [6.45, 7) is 6.56. The molecule has 1 aliphatic rings. The summed E-state index contributed by atoms with van der Waals surface area (Å²) in [5.74, 6) is 1.21. The molecule has 3 heterocycles. The van der Waals surface area contributed by atoms with Gasteiger partial charge in [-0.2, -0.15) is 5.10 Å². The van der Waals surface area contributed by atoms with E-state index in [1.54, 1.807) is 12.4 Å². The number of hydrogen-bond donors (Lipinski definition) is 2. The van der Waals surface area contributed by atoms with E-state index in [2.05, 4.69) is 37.5 Å². The molecule has 0 spiro atoms. The Balaban J connectivity index is 1.53. The number of benzene rings is 1. The molecule has 32 heavy (non-hydrogen) atoms. The predicted molar refractivity (Wildman–Crippen MR) is 123 cm³/mol. The normalized spacial score (nSPS) is 16.9. The number of anilines is 1. The van der Waals surface area contributed by atoms with Gasteiger partial charge in [0.05, 0.1) is 18.1 Å². The molecule has 3 aromatic rings. The minimum Gasteiger partial charge on any atom is -0.466 e. The fourth-order valence-corrected chi connectivity index (χ4v) is 4.19. The highest BCUT2D eigenvalue weighted by Gasteiger charge is 2.40. The van der Waals surface area contributed by atoms with Crippen molar-refractivity contribution in [3.63, 3.8) is 0 Å². The van der Waals surface area contributed by atoms with Gasteiger partial charge in [0.2, 0.25) is 0 Å². The molecule has 0 radical (unpaired) electrons. The number of aromatic nitrogens is 4. The molecule has 8 heteroatoms. The first kappa shape index (κ1) is 22.0. The van der Waals surface area contributed by atoms with Crippen molar-refractivity contribution in [3.8, 4) is 11.4 Å². The standard InChI is InChI=1S/C24H30N6O2/c1-3-32-22(31)18(2)17-30-15-11-24(12-16-30,27-20-7-5-4-6-8-20)23-26-21(28-29-23)19-9-13-25-14-10-19/h4-10,13-14,18,27H,3,11-12,15-17H2,1-2H3,(H,26,28,29). The summed E-state index contributed by atoms with van der Waals surface area (Å²) in [6, 6.07) is 14.0. The van der Waals surface area contributed by atoms with E-state index in [0.29, 0.717) is 19.0 Å². The number of rotatable bonds is 8. The largest absolute Gasteiger partial charge is 0.466 e. The van der Waals surface area contributed by atoms with Gasteiger partial charge in [-0.25, -0.2) is 4.98 Å². The van der Waals surface area contributed by atoms with Crippen molar-refractivity contribution in [1.82, 2.24) is 25.1 Å². The first-order valence-corrected chi connectivity index (χ1v) is 11.1. The number of nitrogens with zero attached hydrogens (tertiary/aromatic N) is 4. The first-order chi connectivity index (χ1) is 15.6. The molecule has 0 saturated carbocycles. The Morgan fingerprint density at radius 2 is 1.91 bits per heavy atom. The molecule has 168 valence electrons. The Kier molecular flexibility index (Phi) is 6.80. The Labute approximate surface area is 188 Å². The van der Waals surface area contributed by atoms with E-state index in [1.807, 2.05) is 44.2 Å². The molecule has 1 aromatic carbocycles. The molecule has 1 atom stereocenters. The van der Waals surface area contributed by atoms with Gasteiger partial charge in [-0.05, 0) is 44.0 Å². The van der Waals surface area contributed by atoms with Crippen LogP contribution in [0, 0.1) is 5.92 Å². The lowest BCUT2D eigenvalue weighted by molar-refractivity contribution is -0.148. The van der Waals surface area contributed by atoms with Gasteiger partial charge in [0.25, 0.3) is 0 Å². The summed E-state index contributed by atoms with van der Waals surface area (Å²) in [4.78, 5) is 23.3. The molecule has 2 N–H and O–H groups in total. The van der Waals surface area contributed by atoms with Crippen molar-refractivity contribution >= 4 is 11.7 Å². The number of H-pyrrole nitrogens is 1. The van der Waals surface area contributed by atoms with Crippen LogP contribution in [-0.4, -0.2) is 57.3 Å². The summed E-state index contributed by atoms with van der Waals surface area (Å²) in [6.07, 6.45) is 5.16. The topological polar surface area (TPSA) is 96.0 Å². The van der Waals surface area contributed by atoms with E-state index in [9.17, 15) is 4.79 Å². The van der Waals surface area contributed by atoms with Crippen LogP contribution in [0.15, 0.2) is 54.9 Å². The fraction of sp³-hybridized carbons (Fsp3) is 0.417. The number of likely N-dealkylation sites (tertiary alicyclic amines) is 1. The lowest BCUT2D eigenvalue weighted by Gasteiger charge is -2.42. The van der Waals surface area contributed by atoms with E-state index < -0.39 is 0 Å². The summed E-state index contributed by atoms with van der Waals surface area (Å²) in [5.41, 5.74) is 1.60. The average molecular weight is 435 g/mol. The van der Waals surface area contributed by atoms with Crippen molar-refractivity contribution in [1.29, 1.82) is 0 Å². The van der Waals surface area contributed by atoms with Crippen LogP contribution >= 0.6 is 0 Å².